The summed E-state index contributed by atoms with van der Waals surface area (Å²) in [5.74, 6) is -0.637. The van der Waals surface area contributed by atoms with Gasteiger partial charge in [-0.05, 0) is 38.6 Å². The number of methoxy groups -OCH3 is 1. The zero-order chi connectivity index (χ0) is 15.6. The van der Waals surface area contributed by atoms with Crippen LogP contribution in [0.3, 0.4) is 0 Å². The van der Waals surface area contributed by atoms with E-state index in [1.165, 1.54) is 23.5 Å². The van der Waals surface area contributed by atoms with Gasteiger partial charge in [-0.2, -0.15) is 4.31 Å². The lowest BCUT2D eigenvalue weighted by Crippen LogP contribution is -2.47. The molecule has 118 valence electrons. The topological polar surface area (TPSA) is 49.9 Å². The van der Waals surface area contributed by atoms with Gasteiger partial charge in [-0.1, -0.05) is 0 Å². The van der Waals surface area contributed by atoms with Gasteiger partial charge in [-0.15, -0.1) is 0 Å². The van der Waals surface area contributed by atoms with Crippen molar-refractivity contribution in [3.8, 4) is 5.75 Å². The third kappa shape index (κ3) is 3.36. The van der Waals surface area contributed by atoms with Crippen LogP contribution < -0.4 is 4.74 Å². The number of sulfonamides is 1. The van der Waals surface area contributed by atoms with Gasteiger partial charge in [0.2, 0.25) is 10.0 Å². The van der Waals surface area contributed by atoms with Crippen molar-refractivity contribution in [2.75, 3.05) is 34.3 Å². The normalized spacial score (nSPS) is 20.7. The molecule has 0 aliphatic carbocycles. The summed E-state index contributed by atoms with van der Waals surface area (Å²) in [5.41, 5.74) is 0. The Labute approximate surface area is 125 Å². The second kappa shape index (κ2) is 6.29. The van der Waals surface area contributed by atoms with Crippen molar-refractivity contribution < 1.29 is 17.5 Å². The van der Waals surface area contributed by atoms with Crippen molar-refractivity contribution in [3.05, 3.63) is 24.0 Å². The van der Waals surface area contributed by atoms with E-state index in [0.29, 0.717) is 6.54 Å². The Bertz CT molecular complexity index is 606. The highest BCUT2D eigenvalue weighted by molar-refractivity contribution is 7.89. The Morgan fingerprint density at radius 1 is 1.43 bits per heavy atom. The van der Waals surface area contributed by atoms with Crippen LogP contribution in [0.1, 0.15) is 12.8 Å². The number of rotatable bonds is 4. The molecule has 1 atom stereocenters. The molecule has 21 heavy (non-hydrogen) atoms. The summed E-state index contributed by atoms with van der Waals surface area (Å²) in [4.78, 5) is 2.17. The summed E-state index contributed by atoms with van der Waals surface area (Å²) in [5, 5.41) is 0. The fraction of sp³-hybridized carbons (Fsp3) is 0.571. The van der Waals surface area contributed by atoms with Crippen molar-refractivity contribution in [3.63, 3.8) is 0 Å². The lowest BCUT2D eigenvalue weighted by atomic mass is 10.1. The Morgan fingerprint density at radius 3 is 2.76 bits per heavy atom. The van der Waals surface area contributed by atoms with Gasteiger partial charge in [0.1, 0.15) is 0 Å². The van der Waals surface area contributed by atoms with Crippen LogP contribution >= 0.6 is 0 Å². The smallest absolute Gasteiger partial charge is 0.243 e. The average Bonchev–Trinajstić information content (AvgIpc) is 2.46. The summed E-state index contributed by atoms with van der Waals surface area (Å²) >= 11 is 0. The molecule has 0 unspecified atom stereocenters. The fourth-order valence-corrected chi connectivity index (χ4v) is 3.99. The molecule has 2 rings (SSSR count). The summed E-state index contributed by atoms with van der Waals surface area (Å²) in [7, 11) is 1.22. The van der Waals surface area contributed by atoms with E-state index in [4.69, 9.17) is 4.74 Å². The molecule has 1 aliphatic heterocycles. The molecule has 0 radical (unpaired) electrons. The highest BCUT2D eigenvalue weighted by Crippen LogP contribution is 2.26. The summed E-state index contributed by atoms with van der Waals surface area (Å²) in [6.07, 6.45) is 1.80. The van der Waals surface area contributed by atoms with E-state index in [1.54, 1.807) is 7.05 Å². The average molecular weight is 316 g/mol. The molecular weight excluding hydrogens is 295 g/mol. The Kier molecular flexibility index (Phi) is 4.85. The Hall–Kier alpha value is -1.18. The minimum absolute atomic E-state index is 0.0523. The molecule has 1 aromatic rings. The first kappa shape index (κ1) is 16.2. The van der Waals surface area contributed by atoms with Crippen molar-refractivity contribution in [1.29, 1.82) is 0 Å². The summed E-state index contributed by atoms with van der Waals surface area (Å²) in [6.45, 7) is 1.68. The number of nitrogens with zero attached hydrogens (tertiary/aromatic N) is 2. The number of likely N-dealkylation sites (N-methyl/N-ethyl adjacent to an activating group) is 2. The standard InChI is InChI=1S/C14H21FN2O3S/c1-16-8-4-5-11(10-16)17(2)21(18,19)12-6-7-13(15)14(9-12)20-3/h6-7,9,11H,4-5,8,10H2,1-3H3/t11-/m1/s1. The molecule has 0 saturated carbocycles. The second-order valence-corrected chi connectivity index (χ2v) is 7.37. The zero-order valence-electron chi connectivity index (χ0n) is 12.5. The van der Waals surface area contributed by atoms with E-state index in [1.807, 2.05) is 7.05 Å². The van der Waals surface area contributed by atoms with Gasteiger partial charge < -0.3 is 9.64 Å². The molecule has 7 heteroatoms. The highest BCUT2D eigenvalue weighted by atomic mass is 32.2. The SMILES string of the molecule is COc1cc(S(=O)(=O)N(C)[C@@H]2CCCN(C)C2)ccc1F. The fourth-order valence-electron chi connectivity index (χ4n) is 2.60. The van der Waals surface area contributed by atoms with Gasteiger partial charge in [-0.3, -0.25) is 0 Å². The van der Waals surface area contributed by atoms with Crippen molar-refractivity contribution in [2.24, 2.45) is 0 Å². The first-order valence-corrected chi connectivity index (χ1v) is 8.30. The molecule has 5 nitrogen and oxygen atoms in total. The van der Waals surface area contributed by atoms with Gasteiger partial charge in [0.25, 0.3) is 0 Å². The van der Waals surface area contributed by atoms with E-state index >= 15 is 0 Å². The number of ether oxygens (including phenoxy) is 1. The van der Waals surface area contributed by atoms with Gasteiger partial charge in [0.15, 0.2) is 11.6 Å². The number of hydrogen-bond donors (Lipinski definition) is 0. The quantitative estimate of drug-likeness (QED) is 0.846. The number of likely N-dealkylation sites (tertiary alicyclic amines) is 1. The molecule has 0 spiro atoms. The van der Waals surface area contributed by atoms with Crippen LogP contribution in [-0.2, 0) is 10.0 Å². The lowest BCUT2D eigenvalue weighted by Gasteiger charge is -2.35. The number of benzene rings is 1. The maximum atomic E-state index is 13.4. The van der Waals surface area contributed by atoms with Crippen LogP contribution in [0.4, 0.5) is 4.39 Å². The number of piperidine rings is 1. The van der Waals surface area contributed by atoms with E-state index in [2.05, 4.69) is 4.90 Å². The van der Waals surface area contributed by atoms with E-state index in [-0.39, 0.29) is 16.7 Å². The van der Waals surface area contributed by atoms with Gasteiger partial charge in [0.05, 0.1) is 12.0 Å². The third-order valence-electron chi connectivity index (χ3n) is 3.91. The molecule has 1 saturated heterocycles. The Balaban J connectivity index is 2.28. The number of hydrogen-bond acceptors (Lipinski definition) is 4. The predicted molar refractivity (Wildman–Crippen MR) is 78.4 cm³/mol. The molecule has 1 aliphatic rings. The van der Waals surface area contributed by atoms with Crippen LogP contribution in [-0.4, -0.2) is 58.0 Å². The molecule has 0 amide bonds. The van der Waals surface area contributed by atoms with Crippen molar-refractivity contribution >= 4 is 10.0 Å². The molecular formula is C14H21FN2O3S. The number of halogens is 1. The molecule has 1 aromatic carbocycles. The Morgan fingerprint density at radius 2 is 2.14 bits per heavy atom. The van der Waals surface area contributed by atoms with Crippen molar-refractivity contribution in [2.45, 2.75) is 23.8 Å². The highest BCUT2D eigenvalue weighted by Gasteiger charge is 2.31. The molecule has 1 fully saturated rings. The van der Waals surface area contributed by atoms with Gasteiger partial charge in [0, 0.05) is 25.7 Å². The van der Waals surface area contributed by atoms with E-state index < -0.39 is 15.8 Å². The van der Waals surface area contributed by atoms with Gasteiger partial charge in [-0.25, -0.2) is 12.8 Å². The van der Waals surface area contributed by atoms with Crippen LogP contribution in [0.15, 0.2) is 23.1 Å². The van der Waals surface area contributed by atoms with Gasteiger partial charge >= 0.3 is 0 Å². The molecule has 0 aromatic heterocycles. The summed E-state index contributed by atoms with van der Waals surface area (Å²) < 4.78 is 45.0. The van der Waals surface area contributed by atoms with Crippen LogP contribution in [0.25, 0.3) is 0 Å². The second-order valence-electron chi connectivity index (χ2n) is 5.38. The van der Waals surface area contributed by atoms with Crippen LogP contribution in [0.5, 0.6) is 5.75 Å². The van der Waals surface area contributed by atoms with E-state index in [9.17, 15) is 12.8 Å². The molecule has 0 N–H and O–H groups in total. The molecule has 0 bridgehead atoms. The molecule has 1 heterocycles. The maximum Gasteiger partial charge on any atom is 0.243 e. The monoisotopic (exact) mass is 316 g/mol. The van der Waals surface area contributed by atoms with Crippen LogP contribution in [0.2, 0.25) is 0 Å². The van der Waals surface area contributed by atoms with E-state index in [0.717, 1.165) is 25.5 Å². The first-order chi connectivity index (χ1) is 9.86. The maximum absolute atomic E-state index is 13.4. The lowest BCUT2D eigenvalue weighted by molar-refractivity contribution is 0.187. The predicted octanol–water partition coefficient (Wildman–Crippen LogP) is 1.55. The van der Waals surface area contributed by atoms with Crippen molar-refractivity contribution in [1.82, 2.24) is 9.21 Å². The summed E-state index contributed by atoms with van der Waals surface area (Å²) in [6, 6.07) is 3.56. The zero-order valence-corrected chi connectivity index (χ0v) is 13.4. The third-order valence-corrected chi connectivity index (χ3v) is 5.82. The largest absolute Gasteiger partial charge is 0.494 e. The minimum atomic E-state index is -3.65. The first-order valence-electron chi connectivity index (χ1n) is 6.86. The minimum Gasteiger partial charge on any atom is -0.494 e. The van der Waals surface area contributed by atoms with Crippen LogP contribution in [0, 0.1) is 5.82 Å².